The topological polar surface area (TPSA) is 68.6 Å². The average molecular weight is 387 g/mol. The minimum Gasteiger partial charge on any atom is -0.472 e. The van der Waals surface area contributed by atoms with Crippen molar-refractivity contribution in [3.8, 4) is 11.6 Å². The van der Waals surface area contributed by atoms with Crippen molar-refractivity contribution < 1.29 is 14.4 Å². The fraction of sp³-hybridized carbons (Fsp3) is 0.158. The number of hydrogen-bond acceptors (Lipinski definition) is 4. The number of halogens is 1. The number of aromatic nitrogens is 2. The summed E-state index contributed by atoms with van der Waals surface area (Å²) in [5.74, 6) is 0.462. The largest absolute Gasteiger partial charge is 0.472 e. The van der Waals surface area contributed by atoms with E-state index in [1.807, 2.05) is 30.3 Å². The summed E-state index contributed by atoms with van der Waals surface area (Å²) in [5, 5.41) is 8.77. The molecule has 1 N–H and O–H groups in total. The number of para-hydroxylation sites is 1. The van der Waals surface area contributed by atoms with Gasteiger partial charge in [0.2, 0.25) is 5.88 Å². The third-order valence-corrected chi connectivity index (χ3v) is 4.07. The number of hydroxylamine groups is 1. The summed E-state index contributed by atoms with van der Waals surface area (Å²) in [6.07, 6.45) is 1.80. The molecule has 0 aliphatic heterocycles. The highest BCUT2D eigenvalue weighted by Gasteiger charge is 2.17. The molecule has 0 radical (unpaired) electrons. The van der Waals surface area contributed by atoms with Gasteiger partial charge in [-0.3, -0.25) is 4.84 Å². The van der Waals surface area contributed by atoms with Crippen LogP contribution in [-0.4, -0.2) is 30.0 Å². The molecule has 27 heavy (non-hydrogen) atoms. The molecule has 0 fully saturated rings. The van der Waals surface area contributed by atoms with Crippen molar-refractivity contribution in [2.75, 3.05) is 19.2 Å². The second kappa shape index (κ2) is 8.57. The standard InChI is InChI=1S/C19H19ClN4O3/c1-21-19(25)24(26-2)17-6-4-3-5-14(17)13-27-18-11-12-23(22-18)16-9-7-15(20)8-10-16/h3-12H,13H2,1-2H3,(H,21,25). The average Bonchev–Trinajstić information content (AvgIpc) is 3.17. The smallest absolute Gasteiger partial charge is 0.345 e. The molecule has 2 aromatic carbocycles. The summed E-state index contributed by atoms with van der Waals surface area (Å²) in [6, 6.07) is 16.1. The Morgan fingerprint density at radius 2 is 1.93 bits per heavy atom. The lowest BCUT2D eigenvalue weighted by Gasteiger charge is -2.21. The molecular weight excluding hydrogens is 368 g/mol. The predicted molar refractivity (Wildman–Crippen MR) is 103 cm³/mol. The van der Waals surface area contributed by atoms with Gasteiger partial charge in [-0.2, -0.15) is 5.06 Å². The monoisotopic (exact) mass is 386 g/mol. The van der Waals surface area contributed by atoms with Crippen molar-refractivity contribution in [1.82, 2.24) is 15.1 Å². The predicted octanol–water partition coefficient (Wildman–Crippen LogP) is 3.81. The molecule has 2 amide bonds. The molecule has 1 aromatic heterocycles. The number of anilines is 1. The van der Waals surface area contributed by atoms with Crippen LogP contribution in [0.3, 0.4) is 0 Å². The molecule has 0 saturated carbocycles. The first-order chi connectivity index (χ1) is 13.1. The van der Waals surface area contributed by atoms with Gasteiger partial charge in [0.05, 0.1) is 18.5 Å². The number of hydrogen-bond donors (Lipinski definition) is 1. The highest BCUT2D eigenvalue weighted by atomic mass is 35.5. The minimum atomic E-state index is -0.378. The van der Waals surface area contributed by atoms with Crippen LogP contribution in [0.1, 0.15) is 5.56 Å². The van der Waals surface area contributed by atoms with Crippen molar-refractivity contribution in [2.45, 2.75) is 6.61 Å². The van der Waals surface area contributed by atoms with Gasteiger partial charge in [0.25, 0.3) is 0 Å². The number of rotatable bonds is 6. The molecular formula is C19H19ClN4O3. The van der Waals surface area contributed by atoms with E-state index in [0.717, 1.165) is 11.3 Å². The zero-order chi connectivity index (χ0) is 19.2. The Balaban J connectivity index is 1.74. The molecule has 0 aliphatic carbocycles. The van der Waals surface area contributed by atoms with Crippen molar-refractivity contribution in [2.24, 2.45) is 0 Å². The first kappa shape index (κ1) is 18.8. The fourth-order valence-corrected chi connectivity index (χ4v) is 2.62. The lowest BCUT2D eigenvalue weighted by Crippen LogP contribution is -2.37. The Hall–Kier alpha value is -3.03. The van der Waals surface area contributed by atoms with Crippen LogP contribution in [0.25, 0.3) is 5.69 Å². The fourth-order valence-electron chi connectivity index (χ4n) is 2.50. The molecule has 8 heteroatoms. The summed E-state index contributed by atoms with van der Waals surface area (Å²) in [5.41, 5.74) is 2.25. The minimum absolute atomic E-state index is 0.227. The quantitative estimate of drug-likeness (QED) is 0.654. The van der Waals surface area contributed by atoms with Gasteiger partial charge in [0.15, 0.2) is 0 Å². The van der Waals surface area contributed by atoms with Crippen LogP contribution in [0.15, 0.2) is 60.8 Å². The molecule has 1 heterocycles. The second-order valence-corrected chi connectivity index (χ2v) is 5.96. The van der Waals surface area contributed by atoms with E-state index in [1.165, 1.54) is 19.2 Å². The maximum Gasteiger partial charge on any atom is 0.345 e. The van der Waals surface area contributed by atoms with E-state index >= 15 is 0 Å². The van der Waals surface area contributed by atoms with E-state index in [2.05, 4.69) is 10.4 Å². The summed E-state index contributed by atoms with van der Waals surface area (Å²) in [4.78, 5) is 17.2. The van der Waals surface area contributed by atoms with E-state index in [-0.39, 0.29) is 12.6 Å². The van der Waals surface area contributed by atoms with Gasteiger partial charge in [-0.1, -0.05) is 29.8 Å². The Morgan fingerprint density at radius 3 is 2.63 bits per heavy atom. The molecule has 3 aromatic rings. The van der Waals surface area contributed by atoms with Crippen LogP contribution < -0.4 is 15.1 Å². The van der Waals surface area contributed by atoms with Gasteiger partial charge in [0.1, 0.15) is 6.61 Å². The molecule has 0 unspecified atom stereocenters. The first-order valence-electron chi connectivity index (χ1n) is 8.20. The van der Waals surface area contributed by atoms with Crippen molar-refractivity contribution in [1.29, 1.82) is 0 Å². The lowest BCUT2D eigenvalue weighted by atomic mass is 10.2. The SMILES string of the molecule is CNC(=O)N(OC)c1ccccc1COc1ccn(-c2ccc(Cl)cc2)n1. The summed E-state index contributed by atoms with van der Waals surface area (Å²) < 4.78 is 7.49. The normalized spacial score (nSPS) is 10.5. The van der Waals surface area contributed by atoms with Gasteiger partial charge < -0.3 is 10.1 Å². The number of benzene rings is 2. The third-order valence-electron chi connectivity index (χ3n) is 3.82. The Bertz CT molecular complexity index is 911. The summed E-state index contributed by atoms with van der Waals surface area (Å²) in [6.45, 7) is 0.227. The first-order valence-corrected chi connectivity index (χ1v) is 8.58. The van der Waals surface area contributed by atoms with Gasteiger partial charge in [-0.05, 0) is 30.3 Å². The van der Waals surface area contributed by atoms with Crippen molar-refractivity contribution in [3.63, 3.8) is 0 Å². The third kappa shape index (κ3) is 4.39. The van der Waals surface area contributed by atoms with Crippen molar-refractivity contribution >= 4 is 23.3 Å². The lowest BCUT2D eigenvalue weighted by molar-refractivity contribution is 0.163. The molecule has 0 saturated heterocycles. The number of urea groups is 1. The van der Waals surface area contributed by atoms with E-state index < -0.39 is 0 Å². The zero-order valence-electron chi connectivity index (χ0n) is 14.9. The number of ether oxygens (including phenoxy) is 1. The maximum absolute atomic E-state index is 12.0. The van der Waals surface area contributed by atoms with Crippen LogP contribution >= 0.6 is 11.6 Å². The summed E-state index contributed by atoms with van der Waals surface area (Å²) in [7, 11) is 2.97. The molecule has 0 aliphatic rings. The van der Waals surface area contributed by atoms with Gasteiger partial charge in [-0.25, -0.2) is 9.48 Å². The number of nitrogens with zero attached hydrogens (tertiary/aromatic N) is 3. The number of amides is 2. The van der Waals surface area contributed by atoms with Crippen molar-refractivity contribution in [3.05, 3.63) is 71.4 Å². The molecule has 140 valence electrons. The Morgan fingerprint density at radius 1 is 1.19 bits per heavy atom. The van der Waals surface area contributed by atoms with Crippen LogP contribution in [0.4, 0.5) is 10.5 Å². The van der Waals surface area contributed by atoms with E-state index in [1.54, 1.807) is 35.1 Å². The van der Waals surface area contributed by atoms with Gasteiger partial charge in [-0.15, -0.1) is 5.10 Å². The highest BCUT2D eigenvalue weighted by molar-refractivity contribution is 6.30. The Kier molecular flexibility index (Phi) is 5.95. The molecule has 7 nitrogen and oxygen atoms in total. The van der Waals surface area contributed by atoms with Crippen LogP contribution in [0, 0.1) is 0 Å². The van der Waals surface area contributed by atoms with Gasteiger partial charge >= 0.3 is 6.03 Å². The molecule has 0 bridgehead atoms. The molecule has 0 spiro atoms. The second-order valence-electron chi connectivity index (χ2n) is 5.52. The van der Waals surface area contributed by atoms with Crippen LogP contribution in [0.5, 0.6) is 5.88 Å². The summed E-state index contributed by atoms with van der Waals surface area (Å²) >= 11 is 5.91. The zero-order valence-corrected chi connectivity index (χ0v) is 15.7. The maximum atomic E-state index is 12.0. The Labute approximate surface area is 162 Å². The number of nitrogens with one attached hydrogen (secondary N) is 1. The van der Waals surface area contributed by atoms with Crippen LogP contribution in [0.2, 0.25) is 5.02 Å². The molecule has 0 atom stereocenters. The van der Waals surface area contributed by atoms with E-state index in [0.29, 0.717) is 16.6 Å². The van der Waals surface area contributed by atoms with Gasteiger partial charge in [0, 0.05) is 29.9 Å². The number of carbonyl (C=O) groups is 1. The van der Waals surface area contributed by atoms with Crippen LogP contribution in [-0.2, 0) is 11.4 Å². The highest BCUT2D eigenvalue weighted by Crippen LogP contribution is 2.23. The number of carbonyl (C=O) groups excluding carboxylic acids is 1. The van der Waals surface area contributed by atoms with E-state index in [4.69, 9.17) is 21.2 Å². The van der Waals surface area contributed by atoms with E-state index in [9.17, 15) is 4.79 Å². The molecule has 3 rings (SSSR count).